The highest BCUT2D eigenvalue weighted by Crippen LogP contribution is 2.44. The molecule has 158 valence electrons. The number of ether oxygens (including phenoxy) is 1. The first-order valence-electron chi connectivity index (χ1n) is 10.4. The lowest BCUT2D eigenvalue weighted by Gasteiger charge is -2.35. The van der Waals surface area contributed by atoms with E-state index in [0.29, 0.717) is 35.3 Å². The maximum Gasteiger partial charge on any atom is 0.287 e. The quantitative estimate of drug-likeness (QED) is 0.676. The van der Waals surface area contributed by atoms with Crippen LogP contribution in [0.15, 0.2) is 64.5 Å². The third kappa shape index (κ3) is 3.68. The second-order valence-electron chi connectivity index (χ2n) is 8.06. The van der Waals surface area contributed by atoms with Crippen molar-refractivity contribution in [2.24, 2.45) is 4.99 Å². The summed E-state index contributed by atoms with van der Waals surface area (Å²) in [5.74, 6) is -0.493. The predicted octanol–water partition coefficient (Wildman–Crippen LogP) is 3.68. The molecule has 2 amide bonds. The Morgan fingerprint density at radius 1 is 1.00 bits per heavy atom. The van der Waals surface area contributed by atoms with Crippen molar-refractivity contribution in [1.82, 2.24) is 4.90 Å². The van der Waals surface area contributed by atoms with Crippen molar-refractivity contribution in [3.63, 3.8) is 0 Å². The van der Waals surface area contributed by atoms with Crippen molar-refractivity contribution >= 4 is 40.0 Å². The summed E-state index contributed by atoms with van der Waals surface area (Å²) in [7, 11) is 0. The highest BCUT2D eigenvalue weighted by Gasteiger charge is 2.40. The van der Waals surface area contributed by atoms with E-state index in [4.69, 9.17) is 4.74 Å². The van der Waals surface area contributed by atoms with Crippen LogP contribution in [0.2, 0.25) is 0 Å². The lowest BCUT2D eigenvalue weighted by molar-refractivity contribution is -0.115. The minimum Gasteiger partial charge on any atom is -0.372 e. The Morgan fingerprint density at radius 3 is 2.42 bits per heavy atom. The summed E-state index contributed by atoms with van der Waals surface area (Å²) in [6.07, 6.45) is 0.128. The van der Waals surface area contributed by atoms with Crippen LogP contribution in [0.3, 0.4) is 0 Å². The molecule has 6 nitrogen and oxygen atoms in total. The molecule has 2 aromatic carbocycles. The van der Waals surface area contributed by atoms with Crippen LogP contribution in [0.25, 0.3) is 5.57 Å². The summed E-state index contributed by atoms with van der Waals surface area (Å²) in [5, 5.41) is 0.654. The molecule has 2 unspecified atom stereocenters. The molecular formula is C24H23N3O3S. The summed E-state index contributed by atoms with van der Waals surface area (Å²) in [6, 6.07) is 17.5. The molecule has 0 aliphatic carbocycles. The van der Waals surface area contributed by atoms with Crippen molar-refractivity contribution in [1.29, 1.82) is 0 Å². The van der Waals surface area contributed by atoms with Gasteiger partial charge in [-0.15, -0.1) is 0 Å². The van der Waals surface area contributed by atoms with Gasteiger partial charge in [0.15, 0.2) is 5.17 Å². The zero-order valence-electron chi connectivity index (χ0n) is 17.4. The SMILES string of the molecule is CC1CN(C2=NC(=O)C(=C3C(=O)N(Cc4ccccc4)c4ccccc43)S2)CC(C)O1. The van der Waals surface area contributed by atoms with Crippen molar-refractivity contribution in [2.45, 2.75) is 32.6 Å². The minimum absolute atomic E-state index is 0.0639. The molecule has 5 rings (SSSR count). The number of fused-ring (bicyclic) bond motifs is 1. The Kier molecular flexibility index (Phi) is 5.16. The molecule has 0 saturated carbocycles. The number of carbonyl (C=O) groups excluding carboxylic acids is 2. The number of hydrogen-bond acceptors (Lipinski definition) is 5. The lowest BCUT2D eigenvalue weighted by Crippen LogP contribution is -2.47. The zero-order valence-corrected chi connectivity index (χ0v) is 18.3. The number of anilines is 1. The van der Waals surface area contributed by atoms with E-state index >= 15 is 0 Å². The van der Waals surface area contributed by atoms with Crippen LogP contribution in [0.5, 0.6) is 0 Å². The second kappa shape index (κ2) is 7.98. The zero-order chi connectivity index (χ0) is 21.5. The van der Waals surface area contributed by atoms with Crippen LogP contribution in [0.1, 0.15) is 25.0 Å². The average Bonchev–Trinajstić information content (AvgIpc) is 3.26. The Labute approximate surface area is 185 Å². The van der Waals surface area contributed by atoms with E-state index in [1.165, 1.54) is 11.8 Å². The Balaban J connectivity index is 1.48. The molecule has 3 aliphatic rings. The van der Waals surface area contributed by atoms with E-state index in [1.807, 2.05) is 68.4 Å². The average molecular weight is 434 g/mol. The second-order valence-corrected chi connectivity index (χ2v) is 9.04. The van der Waals surface area contributed by atoms with Crippen LogP contribution in [-0.4, -0.2) is 47.2 Å². The topological polar surface area (TPSA) is 62.2 Å². The number of rotatable bonds is 2. The highest BCUT2D eigenvalue weighted by atomic mass is 32.2. The van der Waals surface area contributed by atoms with Gasteiger partial charge in [-0.2, -0.15) is 4.99 Å². The van der Waals surface area contributed by atoms with Gasteiger partial charge in [-0.25, -0.2) is 0 Å². The molecule has 0 N–H and O–H groups in total. The van der Waals surface area contributed by atoms with Gasteiger partial charge in [-0.05, 0) is 37.2 Å². The van der Waals surface area contributed by atoms with Crippen LogP contribution in [0.4, 0.5) is 5.69 Å². The van der Waals surface area contributed by atoms with Gasteiger partial charge in [-0.1, -0.05) is 48.5 Å². The maximum atomic E-state index is 13.5. The number of hydrogen-bond donors (Lipinski definition) is 0. The van der Waals surface area contributed by atoms with Crippen LogP contribution in [0, 0.1) is 0 Å². The van der Waals surface area contributed by atoms with E-state index in [0.717, 1.165) is 16.8 Å². The standard InChI is InChI=1S/C24H23N3O3S/c1-15-12-26(13-16(2)30-15)24-25-22(28)21(31-24)20-18-10-6-7-11-19(18)27(23(20)29)14-17-8-4-3-5-9-17/h3-11,15-16H,12-14H2,1-2H3. The van der Waals surface area contributed by atoms with E-state index < -0.39 is 0 Å². The van der Waals surface area contributed by atoms with Gasteiger partial charge in [-0.3, -0.25) is 9.59 Å². The van der Waals surface area contributed by atoms with Crippen LogP contribution in [-0.2, 0) is 20.9 Å². The molecule has 3 aliphatic heterocycles. The Morgan fingerprint density at radius 2 is 1.68 bits per heavy atom. The highest BCUT2D eigenvalue weighted by molar-refractivity contribution is 8.18. The predicted molar refractivity (Wildman–Crippen MR) is 123 cm³/mol. The van der Waals surface area contributed by atoms with Crippen molar-refractivity contribution in [3.05, 3.63) is 70.6 Å². The van der Waals surface area contributed by atoms with Gasteiger partial charge in [0, 0.05) is 18.7 Å². The largest absolute Gasteiger partial charge is 0.372 e. The fourth-order valence-corrected chi connectivity index (χ4v) is 5.37. The fraction of sp³-hybridized carbons (Fsp3) is 0.292. The summed E-state index contributed by atoms with van der Waals surface area (Å²) in [4.78, 5) is 35.0. The van der Waals surface area contributed by atoms with E-state index in [1.54, 1.807) is 4.90 Å². The number of benzene rings is 2. The fourth-order valence-electron chi connectivity index (χ4n) is 4.35. The molecule has 0 bridgehead atoms. The number of nitrogens with zero attached hydrogens (tertiary/aromatic N) is 3. The number of amidine groups is 1. The van der Waals surface area contributed by atoms with Crippen LogP contribution >= 0.6 is 11.8 Å². The molecule has 2 aromatic rings. The summed E-state index contributed by atoms with van der Waals surface area (Å²) < 4.78 is 5.80. The normalized spacial score (nSPS) is 25.8. The van der Waals surface area contributed by atoms with Gasteiger partial charge < -0.3 is 14.5 Å². The number of morpholine rings is 1. The molecule has 0 radical (unpaired) electrons. The number of carbonyl (C=O) groups is 2. The molecule has 0 spiro atoms. The monoisotopic (exact) mass is 433 g/mol. The minimum atomic E-state index is -0.341. The Bertz CT molecular complexity index is 1100. The van der Waals surface area contributed by atoms with Gasteiger partial charge in [0.1, 0.15) is 0 Å². The maximum absolute atomic E-state index is 13.5. The smallest absolute Gasteiger partial charge is 0.287 e. The first kappa shape index (κ1) is 20.0. The first-order valence-corrected chi connectivity index (χ1v) is 11.2. The van der Waals surface area contributed by atoms with E-state index in [-0.39, 0.29) is 24.0 Å². The Hall–Kier alpha value is -2.90. The van der Waals surface area contributed by atoms with Gasteiger partial charge in [0.25, 0.3) is 11.8 Å². The first-order chi connectivity index (χ1) is 15.0. The molecule has 3 heterocycles. The third-order valence-electron chi connectivity index (χ3n) is 5.61. The molecular weight excluding hydrogens is 410 g/mol. The van der Waals surface area contributed by atoms with Crippen molar-refractivity contribution in [3.8, 4) is 0 Å². The molecule has 7 heteroatoms. The number of para-hydroxylation sites is 1. The molecule has 2 atom stereocenters. The molecule has 1 fully saturated rings. The van der Waals surface area contributed by atoms with E-state index in [9.17, 15) is 9.59 Å². The number of thioether (sulfide) groups is 1. The van der Waals surface area contributed by atoms with Crippen molar-refractivity contribution < 1.29 is 14.3 Å². The summed E-state index contributed by atoms with van der Waals surface area (Å²) in [6.45, 7) is 5.84. The van der Waals surface area contributed by atoms with Gasteiger partial charge in [0.2, 0.25) is 0 Å². The van der Waals surface area contributed by atoms with E-state index in [2.05, 4.69) is 9.89 Å². The summed E-state index contributed by atoms with van der Waals surface area (Å²) in [5.41, 5.74) is 3.11. The number of aliphatic imine (C=N–C) groups is 1. The van der Waals surface area contributed by atoms with Crippen molar-refractivity contribution in [2.75, 3.05) is 18.0 Å². The summed E-state index contributed by atoms with van der Waals surface area (Å²) >= 11 is 1.31. The molecule has 0 aromatic heterocycles. The van der Waals surface area contributed by atoms with Gasteiger partial charge >= 0.3 is 0 Å². The van der Waals surface area contributed by atoms with Gasteiger partial charge in [0.05, 0.1) is 34.9 Å². The lowest BCUT2D eigenvalue weighted by atomic mass is 10.1. The number of amides is 2. The molecule has 1 saturated heterocycles. The third-order valence-corrected chi connectivity index (χ3v) is 6.72. The van der Waals surface area contributed by atoms with Crippen LogP contribution < -0.4 is 4.90 Å². The molecule has 31 heavy (non-hydrogen) atoms.